The van der Waals surface area contributed by atoms with Crippen LogP contribution in [0.25, 0.3) is 0 Å². The van der Waals surface area contributed by atoms with Crippen LogP contribution in [0.5, 0.6) is 5.75 Å². The zero-order valence-electron chi connectivity index (χ0n) is 7.68. The molecule has 0 aromatic heterocycles. The van der Waals surface area contributed by atoms with Crippen LogP contribution in [0.2, 0.25) is 0 Å². The Morgan fingerprint density at radius 2 is 2.27 bits per heavy atom. The largest absolute Gasteiger partial charge is 0.493 e. The lowest BCUT2D eigenvalue weighted by molar-refractivity contribution is -0.387. The fourth-order valence-corrected chi connectivity index (χ4v) is 0.950. The third kappa shape index (κ3) is 3.01. The van der Waals surface area contributed by atoms with Gasteiger partial charge in [-0.25, -0.2) is 0 Å². The van der Waals surface area contributed by atoms with Gasteiger partial charge in [0.2, 0.25) is 5.82 Å². The molecule has 1 aromatic rings. The van der Waals surface area contributed by atoms with Crippen LogP contribution in [0.3, 0.4) is 0 Å². The van der Waals surface area contributed by atoms with Gasteiger partial charge in [-0.1, -0.05) is 0 Å². The third-order valence-corrected chi connectivity index (χ3v) is 1.62. The summed E-state index contributed by atoms with van der Waals surface area (Å²) < 4.78 is 18.0. The summed E-state index contributed by atoms with van der Waals surface area (Å²) in [6, 6.07) is 3.22. The van der Waals surface area contributed by atoms with Crippen LogP contribution in [0.1, 0.15) is 6.42 Å². The molecule has 1 aromatic carbocycles. The van der Waals surface area contributed by atoms with E-state index in [1.54, 1.807) is 0 Å². The molecule has 0 unspecified atom stereocenters. The van der Waals surface area contributed by atoms with E-state index in [-0.39, 0.29) is 18.8 Å². The monoisotopic (exact) mass is 213 g/mol. The van der Waals surface area contributed by atoms with Gasteiger partial charge < -0.3 is 9.53 Å². The van der Waals surface area contributed by atoms with Crippen LogP contribution >= 0.6 is 0 Å². The summed E-state index contributed by atoms with van der Waals surface area (Å²) in [7, 11) is 0. The molecule has 0 saturated carbocycles. The van der Waals surface area contributed by atoms with E-state index in [2.05, 4.69) is 0 Å². The van der Waals surface area contributed by atoms with Gasteiger partial charge in [0.25, 0.3) is 0 Å². The first-order valence-electron chi connectivity index (χ1n) is 4.15. The summed E-state index contributed by atoms with van der Waals surface area (Å²) >= 11 is 0. The number of rotatable bonds is 5. The van der Waals surface area contributed by atoms with Crippen molar-refractivity contribution in [3.63, 3.8) is 0 Å². The predicted molar refractivity (Wildman–Crippen MR) is 49.2 cm³/mol. The Kier molecular flexibility index (Phi) is 3.73. The smallest absolute Gasteiger partial charge is 0.305 e. The van der Waals surface area contributed by atoms with Gasteiger partial charge in [0.15, 0.2) is 0 Å². The van der Waals surface area contributed by atoms with Crippen LogP contribution < -0.4 is 4.74 Å². The van der Waals surface area contributed by atoms with Crippen molar-refractivity contribution in [2.75, 3.05) is 6.61 Å². The summed E-state index contributed by atoms with van der Waals surface area (Å²) in [4.78, 5) is 19.4. The van der Waals surface area contributed by atoms with Crippen molar-refractivity contribution in [3.05, 3.63) is 34.1 Å². The summed E-state index contributed by atoms with van der Waals surface area (Å²) in [5.41, 5.74) is -0.599. The average molecular weight is 213 g/mol. The number of halogens is 1. The molecule has 0 heterocycles. The molecule has 5 nitrogen and oxygen atoms in total. The molecule has 0 aliphatic carbocycles. The second-order valence-corrected chi connectivity index (χ2v) is 2.67. The molecular weight excluding hydrogens is 205 g/mol. The number of nitro benzene ring substituents is 1. The van der Waals surface area contributed by atoms with E-state index in [9.17, 15) is 19.3 Å². The minimum Gasteiger partial charge on any atom is -0.493 e. The normalized spacial score (nSPS) is 9.67. The highest BCUT2D eigenvalue weighted by atomic mass is 19.1. The molecule has 1 rings (SSSR count). The summed E-state index contributed by atoms with van der Waals surface area (Å²) in [6.07, 6.45) is 0.861. The van der Waals surface area contributed by atoms with Crippen LogP contribution in [0.15, 0.2) is 18.2 Å². The predicted octanol–water partition coefficient (Wildman–Crippen LogP) is 1.70. The third-order valence-electron chi connectivity index (χ3n) is 1.62. The molecule has 6 heteroatoms. The van der Waals surface area contributed by atoms with Crippen molar-refractivity contribution < 1.29 is 18.8 Å². The Balaban J connectivity index is 2.73. The quantitative estimate of drug-likeness (QED) is 0.323. The number of nitro groups is 1. The molecular formula is C9H8FNO4. The molecule has 0 bridgehead atoms. The highest BCUT2D eigenvalue weighted by Gasteiger charge is 2.13. The van der Waals surface area contributed by atoms with Gasteiger partial charge in [-0.05, 0) is 6.07 Å². The minimum atomic E-state index is -0.955. The van der Waals surface area contributed by atoms with E-state index in [1.165, 1.54) is 6.07 Å². The Bertz CT molecular complexity index is 380. The average Bonchev–Trinajstić information content (AvgIpc) is 2.17. The standard InChI is InChI=1S/C9H8FNO4/c10-8-6-7(15-5-1-4-12)2-3-9(8)11(13)14/h2-4,6H,1,5H2. The Morgan fingerprint density at radius 1 is 1.53 bits per heavy atom. The SMILES string of the molecule is O=CCCOc1ccc([N+](=O)[O-])c(F)c1. The number of hydrogen-bond donors (Lipinski definition) is 0. The van der Waals surface area contributed by atoms with Crippen LogP contribution in [0, 0.1) is 15.9 Å². The van der Waals surface area contributed by atoms with E-state index in [0.29, 0.717) is 6.29 Å². The maximum absolute atomic E-state index is 13.0. The number of carbonyl (C=O) groups excluding carboxylic acids is 1. The van der Waals surface area contributed by atoms with Crippen molar-refractivity contribution in [1.82, 2.24) is 0 Å². The molecule has 0 amide bonds. The van der Waals surface area contributed by atoms with Gasteiger partial charge in [-0.2, -0.15) is 4.39 Å². The van der Waals surface area contributed by atoms with E-state index in [4.69, 9.17) is 4.74 Å². The number of aldehydes is 1. The number of hydrogen-bond acceptors (Lipinski definition) is 4. The van der Waals surface area contributed by atoms with Crippen molar-refractivity contribution in [1.29, 1.82) is 0 Å². The molecule has 0 aliphatic heterocycles. The molecule has 0 atom stereocenters. The van der Waals surface area contributed by atoms with Crippen molar-refractivity contribution in [3.8, 4) is 5.75 Å². The number of benzene rings is 1. The minimum absolute atomic E-state index is 0.126. The lowest BCUT2D eigenvalue weighted by atomic mass is 10.3. The zero-order chi connectivity index (χ0) is 11.3. The summed E-state index contributed by atoms with van der Waals surface area (Å²) in [5.74, 6) is -0.788. The number of nitrogens with zero attached hydrogens (tertiary/aromatic N) is 1. The summed E-state index contributed by atoms with van der Waals surface area (Å²) in [6.45, 7) is 0.126. The molecule has 0 fully saturated rings. The van der Waals surface area contributed by atoms with Crippen molar-refractivity contribution >= 4 is 12.0 Å². The van der Waals surface area contributed by atoms with Gasteiger partial charge in [0.05, 0.1) is 11.5 Å². The molecule has 0 spiro atoms. The Hall–Kier alpha value is -1.98. The van der Waals surface area contributed by atoms with Gasteiger partial charge >= 0.3 is 5.69 Å². The van der Waals surface area contributed by atoms with Crippen LogP contribution in [-0.2, 0) is 4.79 Å². The topological polar surface area (TPSA) is 69.4 Å². The van der Waals surface area contributed by atoms with Crippen LogP contribution in [0.4, 0.5) is 10.1 Å². The second kappa shape index (κ2) is 5.04. The lowest BCUT2D eigenvalue weighted by Gasteiger charge is -2.03. The highest BCUT2D eigenvalue weighted by Crippen LogP contribution is 2.22. The summed E-state index contributed by atoms with van der Waals surface area (Å²) in [5, 5.41) is 10.3. The van der Waals surface area contributed by atoms with E-state index in [0.717, 1.165) is 12.1 Å². The van der Waals surface area contributed by atoms with Gasteiger partial charge in [0.1, 0.15) is 12.0 Å². The fourth-order valence-electron chi connectivity index (χ4n) is 0.950. The molecule has 80 valence electrons. The molecule has 0 aliphatic rings. The van der Waals surface area contributed by atoms with Crippen LogP contribution in [-0.4, -0.2) is 17.8 Å². The van der Waals surface area contributed by atoms with Crippen molar-refractivity contribution in [2.45, 2.75) is 6.42 Å². The number of ether oxygens (including phenoxy) is 1. The van der Waals surface area contributed by atoms with Gasteiger partial charge in [-0.3, -0.25) is 10.1 Å². The molecule has 0 N–H and O–H groups in total. The Labute approximate surface area is 84.6 Å². The number of carbonyl (C=O) groups is 1. The van der Waals surface area contributed by atoms with Gasteiger partial charge in [0, 0.05) is 18.6 Å². The first kappa shape index (κ1) is 11.1. The molecule has 15 heavy (non-hydrogen) atoms. The first-order valence-corrected chi connectivity index (χ1v) is 4.15. The fraction of sp³-hybridized carbons (Fsp3) is 0.222. The second-order valence-electron chi connectivity index (χ2n) is 2.67. The van der Waals surface area contributed by atoms with Gasteiger partial charge in [-0.15, -0.1) is 0 Å². The van der Waals surface area contributed by atoms with E-state index >= 15 is 0 Å². The maximum atomic E-state index is 13.0. The van der Waals surface area contributed by atoms with Crippen molar-refractivity contribution in [2.24, 2.45) is 0 Å². The van der Waals surface area contributed by atoms with E-state index < -0.39 is 16.4 Å². The molecule has 0 saturated heterocycles. The molecule has 0 radical (unpaired) electrons. The Morgan fingerprint density at radius 3 is 2.80 bits per heavy atom. The van der Waals surface area contributed by atoms with E-state index in [1.807, 2.05) is 0 Å². The zero-order valence-corrected chi connectivity index (χ0v) is 7.68. The lowest BCUT2D eigenvalue weighted by Crippen LogP contribution is -1.99. The first-order chi connectivity index (χ1) is 7.15. The highest BCUT2D eigenvalue weighted by molar-refractivity contribution is 5.49. The maximum Gasteiger partial charge on any atom is 0.305 e.